The van der Waals surface area contributed by atoms with Gasteiger partial charge in [-0.3, -0.25) is 4.79 Å². The summed E-state index contributed by atoms with van der Waals surface area (Å²) in [6.07, 6.45) is 4.07. The van der Waals surface area contributed by atoms with Crippen molar-refractivity contribution in [3.05, 3.63) is 35.9 Å². The third-order valence-corrected chi connectivity index (χ3v) is 3.16. The predicted octanol–water partition coefficient (Wildman–Crippen LogP) is 2.54. The van der Waals surface area contributed by atoms with Gasteiger partial charge < -0.3 is 9.84 Å². The number of carbonyl (C=O) groups is 1. The zero-order valence-electron chi connectivity index (χ0n) is 9.84. The highest BCUT2D eigenvalue weighted by molar-refractivity contribution is 5.98. The lowest BCUT2D eigenvalue weighted by Crippen LogP contribution is -2.30. The fourth-order valence-electron chi connectivity index (χ4n) is 2.19. The number of aliphatic hydroxyl groups is 1. The molecule has 0 bridgehead atoms. The zero-order valence-corrected chi connectivity index (χ0v) is 9.84. The van der Waals surface area contributed by atoms with Gasteiger partial charge in [0.05, 0.1) is 6.10 Å². The summed E-state index contributed by atoms with van der Waals surface area (Å²) in [4.78, 5) is 11.8. The summed E-state index contributed by atoms with van der Waals surface area (Å²) in [7, 11) is 0. The molecule has 0 radical (unpaired) electrons. The summed E-state index contributed by atoms with van der Waals surface area (Å²) < 4.78 is 5.41. The van der Waals surface area contributed by atoms with Crippen molar-refractivity contribution in [1.82, 2.24) is 0 Å². The first-order chi connectivity index (χ1) is 8.27. The Balaban J connectivity index is 1.91. The van der Waals surface area contributed by atoms with Gasteiger partial charge in [-0.1, -0.05) is 49.6 Å². The molecule has 0 aromatic heterocycles. The summed E-state index contributed by atoms with van der Waals surface area (Å²) in [5.74, 6) is -0.351. The molecule has 0 heterocycles. The van der Waals surface area contributed by atoms with Gasteiger partial charge in [-0.05, 0) is 12.8 Å². The van der Waals surface area contributed by atoms with Crippen molar-refractivity contribution in [2.75, 3.05) is 0 Å². The number of carbonyl (C=O) groups excluding carboxylic acids is 1. The van der Waals surface area contributed by atoms with E-state index in [0.29, 0.717) is 5.56 Å². The first kappa shape index (κ1) is 12.3. The van der Waals surface area contributed by atoms with Gasteiger partial charge in [-0.2, -0.15) is 0 Å². The second kappa shape index (κ2) is 5.94. The molecule has 1 aliphatic carbocycles. The fourth-order valence-corrected chi connectivity index (χ4v) is 2.19. The van der Waals surface area contributed by atoms with Crippen molar-refractivity contribution >= 4 is 5.78 Å². The standard InChI is InChI=1S/C14H18O3/c15-13(11-7-3-1-4-8-11)14(16)17-12-9-5-2-6-10-12/h1,3-4,7-8,12,14,16H,2,5-6,9-10H2/t14-/m0/s1. The van der Waals surface area contributed by atoms with Gasteiger partial charge in [0, 0.05) is 5.56 Å². The lowest BCUT2D eigenvalue weighted by atomic mass is 9.98. The van der Waals surface area contributed by atoms with Crippen LogP contribution >= 0.6 is 0 Å². The maximum atomic E-state index is 11.8. The molecule has 1 saturated carbocycles. The highest BCUT2D eigenvalue weighted by Gasteiger charge is 2.23. The highest BCUT2D eigenvalue weighted by Crippen LogP contribution is 2.21. The highest BCUT2D eigenvalue weighted by atomic mass is 16.6. The van der Waals surface area contributed by atoms with Gasteiger partial charge in [-0.15, -0.1) is 0 Å². The number of aliphatic hydroxyl groups excluding tert-OH is 1. The van der Waals surface area contributed by atoms with E-state index in [1.807, 2.05) is 6.07 Å². The van der Waals surface area contributed by atoms with Crippen LogP contribution < -0.4 is 0 Å². The molecule has 0 saturated heterocycles. The van der Waals surface area contributed by atoms with E-state index in [-0.39, 0.29) is 11.9 Å². The van der Waals surface area contributed by atoms with Crippen LogP contribution in [0, 0.1) is 0 Å². The maximum absolute atomic E-state index is 11.8. The first-order valence-corrected chi connectivity index (χ1v) is 6.20. The summed E-state index contributed by atoms with van der Waals surface area (Å²) in [5.41, 5.74) is 0.496. The zero-order chi connectivity index (χ0) is 12.1. The molecular weight excluding hydrogens is 216 g/mol. The molecule has 1 aliphatic rings. The van der Waals surface area contributed by atoms with Crippen LogP contribution in [0.1, 0.15) is 42.5 Å². The molecule has 1 N–H and O–H groups in total. The minimum absolute atomic E-state index is 0.0337. The third kappa shape index (κ3) is 3.38. The smallest absolute Gasteiger partial charge is 0.220 e. The van der Waals surface area contributed by atoms with Crippen LogP contribution in [-0.2, 0) is 4.74 Å². The Labute approximate surface area is 101 Å². The van der Waals surface area contributed by atoms with Crippen molar-refractivity contribution in [2.45, 2.75) is 44.5 Å². The van der Waals surface area contributed by atoms with Gasteiger partial charge in [-0.25, -0.2) is 0 Å². The van der Waals surface area contributed by atoms with E-state index in [0.717, 1.165) is 25.7 Å². The average Bonchev–Trinajstić information content (AvgIpc) is 2.40. The molecule has 1 aromatic rings. The summed E-state index contributed by atoms with van der Waals surface area (Å²) in [6.45, 7) is 0. The van der Waals surface area contributed by atoms with E-state index in [2.05, 4.69) is 0 Å². The number of ether oxygens (including phenoxy) is 1. The molecule has 3 nitrogen and oxygen atoms in total. The van der Waals surface area contributed by atoms with Gasteiger partial charge >= 0.3 is 0 Å². The lowest BCUT2D eigenvalue weighted by molar-refractivity contribution is -0.117. The Bertz CT molecular complexity index is 355. The van der Waals surface area contributed by atoms with Crippen LogP contribution in [0.3, 0.4) is 0 Å². The van der Waals surface area contributed by atoms with Crippen LogP contribution in [0.5, 0.6) is 0 Å². The van der Waals surface area contributed by atoms with Gasteiger partial charge in [0.25, 0.3) is 0 Å². The molecular formula is C14H18O3. The molecule has 1 aromatic carbocycles. The maximum Gasteiger partial charge on any atom is 0.220 e. The molecule has 0 aliphatic heterocycles. The van der Waals surface area contributed by atoms with Crippen LogP contribution in [0.25, 0.3) is 0 Å². The molecule has 1 fully saturated rings. The van der Waals surface area contributed by atoms with Crippen LogP contribution in [0.4, 0.5) is 0 Å². The second-order valence-electron chi connectivity index (χ2n) is 4.48. The minimum Gasteiger partial charge on any atom is -0.362 e. The summed E-state index contributed by atoms with van der Waals surface area (Å²) in [6, 6.07) is 8.78. The SMILES string of the molecule is O=C(c1ccccc1)[C@@H](O)OC1CCCCC1. The number of benzene rings is 1. The van der Waals surface area contributed by atoms with Crippen molar-refractivity contribution in [3.8, 4) is 0 Å². The molecule has 92 valence electrons. The van der Waals surface area contributed by atoms with E-state index < -0.39 is 6.29 Å². The molecule has 2 rings (SSSR count). The Morgan fingerprint density at radius 1 is 1.18 bits per heavy atom. The first-order valence-electron chi connectivity index (χ1n) is 6.20. The van der Waals surface area contributed by atoms with E-state index >= 15 is 0 Å². The summed E-state index contributed by atoms with van der Waals surface area (Å²) in [5, 5.41) is 9.75. The van der Waals surface area contributed by atoms with E-state index in [4.69, 9.17) is 4.74 Å². The Kier molecular flexibility index (Phi) is 4.29. The van der Waals surface area contributed by atoms with Crippen LogP contribution in [-0.4, -0.2) is 23.3 Å². The number of ketones is 1. The van der Waals surface area contributed by atoms with Crippen molar-refractivity contribution in [3.63, 3.8) is 0 Å². The lowest BCUT2D eigenvalue weighted by Gasteiger charge is -2.24. The molecule has 17 heavy (non-hydrogen) atoms. The van der Waals surface area contributed by atoms with Crippen molar-refractivity contribution in [2.24, 2.45) is 0 Å². The van der Waals surface area contributed by atoms with E-state index in [9.17, 15) is 9.90 Å². The van der Waals surface area contributed by atoms with Gasteiger partial charge in [0.15, 0.2) is 0 Å². The third-order valence-electron chi connectivity index (χ3n) is 3.16. The topological polar surface area (TPSA) is 46.5 Å². The predicted molar refractivity (Wildman–Crippen MR) is 64.7 cm³/mol. The Morgan fingerprint density at radius 3 is 2.47 bits per heavy atom. The largest absolute Gasteiger partial charge is 0.362 e. The number of hydrogen-bond donors (Lipinski definition) is 1. The molecule has 0 amide bonds. The van der Waals surface area contributed by atoms with Gasteiger partial charge in [0.1, 0.15) is 0 Å². The summed E-state index contributed by atoms with van der Waals surface area (Å²) >= 11 is 0. The van der Waals surface area contributed by atoms with Crippen LogP contribution in [0.15, 0.2) is 30.3 Å². The van der Waals surface area contributed by atoms with Crippen molar-refractivity contribution in [1.29, 1.82) is 0 Å². The normalized spacial score (nSPS) is 18.9. The second-order valence-corrected chi connectivity index (χ2v) is 4.48. The number of Topliss-reactive ketones (excluding diaryl/α,β-unsaturated/α-hetero) is 1. The molecule has 1 atom stereocenters. The molecule has 0 unspecified atom stereocenters. The Hall–Kier alpha value is -1.19. The van der Waals surface area contributed by atoms with E-state index in [1.165, 1.54) is 6.42 Å². The van der Waals surface area contributed by atoms with Crippen molar-refractivity contribution < 1.29 is 14.6 Å². The quantitative estimate of drug-likeness (QED) is 0.643. The monoisotopic (exact) mass is 234 g/mol. The minimum atomic E-state index is -1.32. The molecule has 3 heteroatoms. The fraction of sp³-hybridized carbons (Fsp3) is 0.500. The average molecular weight is 234 g/mol. The molecule has 0 spiro atoms. The van der Waals surface area contributed by atoms with E-state index in [1.54, 1.807) is 24.3 Å². The van der Waals surface area contributed by atoms with Gasteiger partial charge in [0.2, 0.25) is 12.1 Å². The number of rotatable bonds is 4. The number of hydrogen-bond acceptors (Lipinski definition) is 3. The Morgan fingerprint density at radius 2 is 1.82 bits per heavy atom. The van der Waals surface area contributed by atoms with Crippen LogP contribution in [0.2, 0.25) is 0 Å².